The van der Waals surface area contributed by atoms with Crippen molar-refractivity contribution in [2.75, 3.05) is 19.4 Å². The van der Waals surface area contributed by atoms with Crippen LogP contribution in [0, 0.1) is 5.92 Å². The number of hydrogen-bond acceptors (Lipinski definition) is 3. The van der Waals surface area contributed by atoms with E-state index in [9.17, 15) is 9.59 Å². The number of carbonyl (C=O) groups excluding carboxylic acids is 2. The van der Waals surface area contributed by atoms with E-state index >= 15 is 0 Å². The molecule has 1 N–H and O–H groups in total. The van der Waals surface area contributed by atoms with Gasteiger partial charge in [-0.25, -0.2) is 0 Å². The second kappa shape index (κ2) is 8.29. The van der Waals surface area contributed by atoms with Crippen LogP contribution in [0.2, 0.25) is 0 Å². The molecule has 3 atom stereocenters. The highest BCUT2D eigenvalue weighted by molar-refractivity contribution is 6.04. The molecule has 132 valence electrons. The van der Waals surface area contributed by atoms with Gasteiger partial charge in [-0.1, -0.05) is 31.9 Å². The normalized spacial score (nSPS) is 21.8. The van der Waals surface area contributed by atoms with E-state index < -0.39 is 6.10 Å². The van der Waals surface area contributed by atoms with Gasteiger partial charge in [-0.15, -0.1) is 0 Å². The molecule has 0 saturated heterocycles. The summed E-state index contributed by atoms with van der Waals surface area (Å²) in [6.45, 7) is 3.99. The highest BCUT2D eigenvalue weighted by Crippen LogP contribution is 2.26. The molecule has 5 heteroatoms. The molecule has 0 aromatic heterocycles. The van der Waals surface area contributed by atoms with E-state index in [0.29, 0.717) is 17.2 Å². The van der Waals surface area contributed by atoms with Gasteiger partial charge in [-0.05, 0) is 37.8 Å². The molecule has 1 saturated carbocycles. The summed E-state index contributed by atoms with van der Waals surface area (Å²) in [5, 5.41) is 2.84. The SMILES string of the molecule is C[C@@H]1CCC[C@@H](O[C@H](C)C(=O)Nc2ccccc2C(=O)N(C)C)C1. The second-order valence-corrected chi connectivity index (χ2v) is 6.91. The second-order valence-electron chi connectivity index (χ2n) is 6.91. The van der Waals surface area contributed by atoms with Crippen molar-refractivity contribution >= 4 is 17.5 Å². The maximum absolute atomic E-state index is 12.5. The Morgan fingerprint density at radius 1 is 1.25 bits per heavy atom. The van der Waals surface area contributed by atoms with Crippen LogP contribution in [-0.4, -0.2) is 43.0 Å². The summed E-state index contributed by atoms with van der Waals surface area (Å²) < 4.78 is 5.94. The molecular formula is C19H28N2O3. The van der Waals surface area contributed by atoms with Crippen molar-refractivity contribution in [3.05, 3.63) is 29.8 Å². The van der Waals surface area contributed by atoms with Gasteiger partial charge in [0.1, 0.15) is 6.10 Å². The molecule has 24 heavy (non-hydrogen) atoms. The van der Waals surface area contributed by atoms with Gasteiger partial charge in [0.05, 0.1) is 17.4 Å². The molecule has 0 bridgehead atoms. The summed E-state index contributed by atoms with van der Waals surface area (Å²) in [5.74, 6) is 0.297. The van der Waals surface area contributed by atoms with Crippen molar-refractivity contribution in [3.8, 4) is 0 Å². The van der Waals surface area contributed by atoms with Crippen LogP contribution in [0.5, 0.6) is 0 Å². The molecule has 1 aromatic carbocycles. The highest BCUT2D eigenvalue weighted by atomic mass is 16.5. The van der Waals surface area contributed by atoms with Crippen molar-refractivity contribution < 1.29 is 14.3 Å². The average molecular weight is 332 g/mol. The first-order valence-corrected chi connectivity index (χ1v) is 8.65. The lowest BCUT2D eigenvalue weighted by molar-refractivity contribution is -0.131. The lowest BCUT2D eigenvalue weighted by Gasteiger charge is -2.29. The van der Waals surface area contributed by atoms with E-state index in [1.807, 2.05) is 0 Å². The zero-order valence-corrected chi connectivity index (χ0v) is 15.0. The van der Waals surface area contributed by atoms with E-state index in [4.69, 9.17) is 4.74 Å². The Morgan fingerprint density at radius 2 is 1.96 bits per heavy atom. The number of carbonyl (C=O) groups is 2. The topological polar surface area (TPSA) is 58.6 Å². The fourth-order valence-corrected chi connectivity index (χ4v) is 3.11. The van der Waals surface area contributed by atoms with Crippen LogP contribution in [-0.2, 0) is 9.53 Å². The van der Waals surface area contributed by atoms with Crippen LogP contribution in [0.4, 0.5) is 5.69 Å². The first-order chi connectivity index (χ1) is 11.4. The number of anilines is 1. The molecule has 2 rings (SSSR count). The predicted octanol–water partition coefficient (Wildman–Crippen LogP) is 3.31. The minimum atomic E-state index is -0.539. The summed E-state index contributed by atoms with van der Waals surface area (Å²) in [6, 6.07) is 7.04. The lowest BCUT2D eigenvalue weighted by Crippen LogP contribution is -2.34. The van der Waals surface area contributed by atoms with E-state index in [0.717, 1.165) is 19.3 Å². The van der Waals surface area contributed by atoms with Gasteiger partial charge in [0, 0.05) is 14.1 Å². The largest absolute Gasteiger partial charge is 0.365 e. The van der Waals surface area contributed by atoms with Crippen LogP contribution in [0.1, 0.15) is 49.9 Å². The maximum Gasteiger partial charge on any atom is 0.255 e. The third-order valence-corrected chi connectivity index (χ3v) is 4.48. The van der Waals surface area contributed by atoms with E-state index in [-0.39, 0.29) is 17.9 Å². The third-order valence-electron chi connectivity index (χ3n) is 4.48. The standard InChI is InChI=1S/C19H28N2O3/c1-13-8-7-9-15(12-13)24-14(2)18(22)20-17-11-6-5-10-16(17)19(23)21(3)4/h5-6,10-11,13-15H,7-9,12H2,1-4H3,(H,20,22)/t13-,14-,15-/m1/s1. The van der Waals surface area contributed by atoms with Crippen LogP contribution < -0.4 is 5.32 Å². The lowest BCUT2D eigenvalue weighted by atomic mass is 9.88. The van der Waals surface area contributed by atoms with Crippen molar-refractivity contribution in [1.29, 1.82) is 0 Å². The average Bonchev–Trinajstić information content (AvgIpc) is 2.54. The summed E-state index contributed by atoms with van der Waals surface area (Å²) in [4.78, 5) is 26.2. The van der Waals surface area contributed by atoms with Gasteiger partial charge in [0.2, 0.25) is 0 Å². The summed E-state index contributed by atoms with van der Waals surface area (Å²) in [7, 11) is 3.38. The van der Waals surface area contributed by atoms with Crippen LogP contribution >= 0.6 is 0 Å². The summed E-state index contributed by atoms with van der Waals surface area (Å²) in [5.41, 5.74) is 1.00. The van der Waals surface area contributed by atoms with Gasteiger partial charge in [-0.2, -0.15) is 0 Å². The molecule has 1 aliphatic carbocycles. The molecular weight excluding hydrogens is 304 g/mol. The van der Waals surface area contributed by atoms with Crippen molar-refractivity contribution in [2.24, 2.45) is 5.92 Å². The Bertz CT molecular complexity index is 586. The van der Waals surface area contributed by atoms with Crippen molar-refractivity contribution in [2.45, 2.75) is 51.7 Å². The van der Waals surface area contributed by atoms with Crippen molar-refractivity contribution in [3.63, 3.8) is 0 Å². The molecule has 0 heterocycles. The number of benzene rings is 1. The zero-order chi connectivity index (χ0) is 17.7. The number of amides is 2. The fourth-order valence-electron chi connectivity index (χ4n) is 3.11. The minimum Gasteiger partial charge on any atom is -0.365 e. The van der Waals surface area contributed by atoms with E-state index in [2.05, 4.69) is 12.2 Å². The maximum atomic E-state index is 12.5. The molecule has 0 spiro atoms. The molecule has 0 radical (unpaired) electrons. The zero-order valence-electron chi connectivity index (χ0n) is 15.0. The molecule has 0 unspecified atom stereocenters. The molecule has 1 fully saturated rings. The molecule has 2 amide bonds. The number of hydrogen-bond donors (Lipinski definition) is 1. The highest BCUT2D eigenvalue weighted by Gasteiger charge is 2.25. The molecule has 5 nitrogen and oxygen atoms in total. The smallest absolute Gasteiger partial charge is 0.255 e. The monoisotopic (exact) mass is 332 g/mol. The summed E-state index contributed by atoms with van der Waals surface area (Å²) >= 11 is 0. The van der Waals surface area contributed by atoms with Crippen LogP contribution in [0.25, 0.3) is 0 Å². The van der Waals surface area contributed by atoms with Gasteiger partial charge in [-0.3, -0.25) is 9.59 Å². The Morgan fingerprint density at radius 3 is 2.62 bits per heavy atom. The molecule has 1 aliphatic rings. The number of ether oxygens (including phenoxy) is 1. The van der Waals surface area contributed by atoms with Gasteiger partial charge < -0.3 is 15.0 Å². The van der Waals surface area contributed by atoms with Crippen LogP contribution in [0.3, 0.4) is 0 Å². The fraction of sp³-hybridized carbons (Fsp3) is 0.579. The summed E-state index contributed by atoms with van der Waals surface area (Å²) in [6.07, 6.45) is 4.02. The van der Waals surface area contributed by atoms with Gasteiger partial charge >= 0.3 is 0 Å². The number of para-hydroxylation sites is 1. The number of nitrogens with zero attached hydrogens (tertiary/aromatic N) is 1. The first-order valence-electron chi connectivity index (χ1n) is 8.65. The number of rotatable bonds is 5. The van der Waals surface area contributed by atoms with E-state index in [1.54, 1.807) is 45.3 Å². The molecule has 1 aromatic rings. The molecule has 0 aliphatic heterocycles. The Kier molecular flexibility index (Phi) is 6.37. The third kappa shape index (κ3) is 4.81. The Balaban J connectivity index is 2.00. The Labute approximate surface area is 144 Å². The number of nitrogens with one attached hydrogen (secondary N) is 1. The minimum absolute atomic E-state index is 0.138. The Hall–Kier alpha value is -1.88. The van der Waals surface area contributed by atoms with Crippen molar-refractivity contribution in [1.82, 2.24) is 4.90 Å². The van der Waals surface area contributed by atoms with Gasteiger partial charge in [0.15, 0.2) is 0 Å². The predicted molar refractivity (Wildman–Crippen MR) is 95.1 cm³/mol. The van der Waals surface area contributed by atoms with E-state index in [1.165, 1.54) is 11.3 Å². The first kappa shape index (κ1) is 18.5. The quantitative estimate of drug-likeness (QED) is 0.900. The van der Waals surface area contributed by atoms with Crippen LogP contribution in [0.15, 0.2) is 24.3 Å². The van der Waals surface area contributed by atoms with Gasteiger partial charge in [0.25, 0.3) is 11.8 Å².